The number of likely N-dealkylation sites (N-methyl/N-ethyl adjacent to an activating group) is 1. The summed E-state index contributed by atoms with van der Waals surface area (Å²) in [7, 11) is 0. The molecule has 1 saturated heterocycles. The van der Waals surface area contributed by atoms with Crippen LogP contribution < -0.4 is 4.90 Å². The van der Waals surface area contributed by atoms with Crippen LogP contribution in [0.1, 0.15) is 51.6 Å². The number of aryl methyl sites for hydroxylation is 2. The van der Waals surface area contributed by atoms with Crippen molar-refractivity contribution in [3.05, 3.63) is 64.7 Å². The van der Waals surface area contributed by atoms with Crippen molar-refractivity contribution in [2.75, 3.05) is 18.1 Å². The van der Waals surface area contributed by atoms with Gasteiger partial charge < -0.3 is 9.64 Å². The number of ether oxygens (including phenoxy) is 1. The SMILES string of the molecule is CCN1C(=O)c2ccccc2N2C(=O)CC[C@]12C(=O)OCC(=O)c1cc(C)ccc1C. The molecule has 0 spiro atoms. The van der Waals surface area contributed by atoms with E-state index in [9.17, 15) is 19.2 Å². The standard InChI is InChI=1S/C24H24N2O5/c1-4-25-22(29)17-7-5-6-8-19(17)26-21(28)11-12-24(25,26)23(30)31-14-20(27)18-13-15(2)9-10-16(18)3/h5-10,13H,4,11-12,14H2,1-3H3/t24-/m0/s1. The molecule has 2 heterocycles. The summed E-state index contributed by atoms with van der Waals surface area (Å²) in [5.41, 5.74) is 1.41. The molecule has 1 fully saturated rings. The van der Waals surface area contributed by atoms with Gasteiger partial charge in [-0.2, -0.15) is 0 Å². The number of para-hydroxylation sites is 1. The lowest BCUT2D eigenvalue weighted by molar-refractivity contribution is -0.156. The van der Waals surface area contributed by atoms with Crippen molar-refractivity contribution >= 4 is 29.3 Å². The van der Waals surface area contributed by atoms with Crippen molar-refractivity contribution in [1.82, 2.24) is 4.90 Å². The third kappa shape index (κ3) is 3.12. The summed E-state index contributed by atoms with van der Waals surface area (Å²) in [6.45, 7) is 5.22. The third-order valence-corrected chi connectivity index (χ3v) is 6.04. The molecule has 2 aromatic carbocycles. The Hall–Kier alpha value is -3.48. The van der Waals surface area contributed by atoms with Gasteiger partial charge in [0.05, 0.1) is 11.3 Å². The number of Topliss-reactive ketones (excluding diaryl/α,β-unsaturated/α-hetero) is 1. The minimum Gasteiger partial charge on any atom is -0.454 e. The smallest absolute Gasteiger partial charge is 0.354 e. The van der Waals surface area contributed by atoms with E-state index < -0.39 is 18.2 Å². The fourth-order valence-corrected chi connectivity index (χ4v) is 4.53. The average Bonchev–Trinajstić information content (AvgIpc) is 3.12. The van der Waals surface area contributed by atoms with Gasteiger partial charge in [0.1, 0.15) is 0 Å². The normalized spacial score (nSPS) is 19.8. The number of rotatable bonds is 5. The van der Waals surface area contributed by atoms with E-state index in [0.29, 0.717) is 16.8 Å². The van der Waals surface area contributed by atoms with E-state index in [1.807, 2.05) is 26.0 Å². The quantitative estimate of drug-likeness (QED) is 0.548. The van der Waals surface area contributed by atoms with Crippen LogP contribution in [0.4, 0.5) is 5.69 Å². The molecular weight excluding hydrogens is 396 g/mol. The number of benzene rings is 2. The summed E-state index contributed by atoms with van der Waals surface area (Å²) in [5.74, 6) is -1.67. The summed E-state index contributed by atoms with van der Waals surface area (Å²) in [6.07, 6.45) is 0.231. The molecule has 31 heavy (non-hydrogen) atoms. The van der Waals surface area contributed by atoms with Crippen molar-refractivity contribution in [3.8, 4) is 0 Å². The summed E-state index contributed by atoms with van der Waals surface area (Å²) < 4.78 is 5.46. The summed E-state index contributed by atoms with van der Waals surface area (Å²) in [4.78, 5) is 54.9. The molecule has 2 aliphatic heterocycles. The molecular formula is C24H24N2O5. The molecule has 0 radical (unpaired) electrons. The van der Waals surface area contributed by atoms with Gasteiger partial charge in [-0.1, -0.05) is 29.8 Å². The zero-order valence-electron chi connectivity index (χ0n) is 17.8. The molecule has 0 aromatic heterocycles. The van der Waals surface area contributed by atoms with Crippen LogP contribution in [-0.2, 0) is 14.3 Å². The first-order valence-corrected chi connectivity index (χ1v) is 10.3. The Kier molecular flexibility index (Phi) is 5.13. The fraction of sp³-hybridized carbons (Fsp3) is 0.333. The highest BCUT2D eigenvalue weighted by Gasteiger charge is 2.61. The van der Waals surface area contributed by atoms with Gasteiger partial charge >= 0.3 is 5.97 Å². The molecule has 1 atom stereocenters. The molecule has 0 saturated carbocycles. The number of anilines is 1. The van der Waals surface area contributed by atoms with Gasteiger partial charge in [-0.25, -0.2) is 4.79 Å². The zero-order chi connectivity index (χ0) is 22.3. The zero-order valence-corrected chi connectivity index (χ0v) is 17.8. The van der Waals surface area contributed by atoms with Gasteiger partial charge in [0.2, 0.25) is 17.4 Å². The molecule has 0 aliphatic carbocycles. The second-order valence-electron chi connectivity index (χ2n) is 7.93. The van der Waals surface area contributed by atoms with E-state index >= 15 is 0 Å². The van der Waals surface area contributed by atoms with Crippen LogP contribution in [-0.4, -0.2) is 47.3 Å². The van der Waals surface area contributed by atoms with Crippen LogP contribution in [0.2, 0.25) is 0 Å². The Bertz CT molecular complexity index is 1110. The van der Waals surface area contributed by atoms with Gasteiger partial charge in [0.25, 0.3) is 5.91 Å². The third-order valence-electron chi connectivity index (χ3n) is 6.04. The summed E-state index contributed by atoms with van der Waals surface area (Å²) in [5, 5.41) is 0. The Morgan fingerprint density at radius 2 is 1.84 bits per heavy atom. The highest BCUT2D eigenvalue weighted by atomic mass is 16.5. The molecule has 0 bridgehead atoms. The van der Waals surface area contributed by atoms with E-state index in [4.69, 9.17) is 4.74 Å². The van der Waals surface area contributed by atoms with E-state index in [2.05, 4.69) is 0 Å². The maximum atomic E-state index is 13.4. The van der Waals surface area contributed by atoms with Gasteiger partial charge in [0, 0.05) is 24.9 Å². The van der Waals surface area contributed by atoms with E-state index in [1.54, 1.807) is 37.3 Å². The Morgan fingerprint density at radius 1 is 1.10 bits per heavy atom. The van der Waals surface area contributed by atoms with E-state index in [0.717, 1.165) is 11.1 Å². The van der Waals surface area contributed by atoms with Crippen LogP contribution in [0.15, 0.2) is 42.5 Å². The predicted octanol–water partition coefficient (Wildman–Crippen LogP) is 3.03. The Balaban J connectivity index is 1.67. The van der Waals surface area contributed by atoms with E-state index in [-0.39, 0.29) is 37.0 Å². The van der Waals surface area contributed by atoms with E-state index in [1.165, 1.54) is 9.80 Å². The van der Waals surface area contributed by atoms with Crippen molar-refractivity contribution < 1.29 is 23.9 Å². The van der Waals surface area contributed by atoms with Gasteiger partial charge in [-0.15, -0.1) is 0 Å². The van der Waals surface area contributed by atoms with Crippen LogP contribution >= 0.6 is 0 Å². The maximum Gasteiger partial charge on any atom is 0.354 e. The number of hydrogen-bond acceptors (Lipinski definition) is 5. The largest absolute Gasteiger partial charge is 0.454 e. The number of nitrogens with zero attached hydrogens (tertiary/aromatic N) is 2. The average molecular weight is 420 g/mol. The highest BCUT2D eigenvalue weighted by Crippen LogP contribution is 2.44. The van der Waals surface area contributed by atoms with Crippen molar-refractivity contribution in [2.24, 2.45) is 0 Å². The minimum atomic E-state index is -1.57. The molecule has 0 unspecified atom stereocenters. The lowest BCUT2D eigenvalue weighted by Gasteiger charge is -2.47. The lowest BCUT2D eigenvalue weighted by atomic mass is 9.96. The molecule has 2 aromatic rings. The second-order valence-corrected chi connectivity index (χ2v) is 7.93. The first kappa shape index (κ1) is 20.8. The number of esters is 1. The van der Waals surface area contributed by atoms with Crippen molar-refractivity contribution in [2.45, 2.75) is 39.3 Å². The Labute approximate surface area is 180 Å². The molecule has 2 amide bonds. The first-order valence-electron chi connectivity index (χ1n) is 10.3. The van der Waals surface area contributed by atoms with Crippen LogP contribution in [0.25, 0.3) is 0 Å². The van der Waals surface area contributed by atoms with Gasteiger partial charge in [-0.05, 0) is 44.5 Å². The van der Waals surface area contributed by atoms with Crippen LogP contribution in [0, 0.1) is 13.8 Å². The van der Waals surface area contributed by atoms with Crippen LogP contribution in [0.3, 0.4) is 0 Å². The number of hydrogen-bond donors (Lipinski definition) is 0. The summed E-state index contributed by atoms with van der Waals surface area (Å²) >= 11 is 0. The topological polar surface area (TPSA) is 84.0 Å². The van der Waals surface area contributed by atoms with Crippen molar-refractivity contribution in [1.29, 1.82) is 0 Å². The van der Waals surface area contributed by atoms with Gasteiger partial charge in [-0.3, -0.25) is 19.3 Å². The monoisotopic (exact) mass is 420 g/mol. The number of amides is 2. The molecule has 0 N–H and O–H groups in total. The number of carbonyl (C=O) groups is 4. The van der Waals surface area contributed by atoms with Gasteiger partial charge in [0.15, 0.2) is 6.61 Å². The Morgan fingerprint density at radius 3 is 2.58 bits per heavy atom. The summed E-state index contributed by atoms with van der Waals surface area (Å²) in [6, 6.07) is 12.3. The number of carbonyl (C=O) groups excluding carboxylic acids is 4. The first-order chi connectivity index (χ1) is 14.8. The predicted molar refractivity (Wildman–Crippen MR) is 114 cm³/mol. The highest BCUT2D eigenvalue weighted by molar-refractivity contribution is 6.15. The fourth-order valence-electron chi connectivity index (χ4n) is 4.53. The molecule has 7 heteroatoms. The van der Waals surface area contributed by atoms with Crippen molar-refractivity contribution in [3.63, 3.8) is 0 Å². The molecule has 7 nitrogen and oxygen atoms in total. The molecule has 4 rings (SSSR count). The molecule has 2 aliphatic rings. The lowest BCUT2D eigenvalue weighted by Crippen LogP contribution is -2.68. The minimum absolute atomic E-state index is 0.109. The number of fused-ring (bicyclic) bond motifs is 3. The van der Waals surface area contributed by atoms with Crippen LogP contribution in [0.5, 0.6) is 0 Å². The number of ketones is 1. The second kappa shape index (κ2) is 7.65. The molecule has 160 valence electrons. The maximum absolute atomic E-state index is 13.4.